The monoisotopic (exact) mass is 559 g/mol. The summed E-state index contributed by atoms with van der Waals surface area (Å²) in [7, 11) is -0.283. The Morgan fingerprint density at radius 1 is 0.737 bits per heavy atom. The topological polar surface area (TPSA) is 118 Å². The van der Waals surface area contributed by atoms with Gasteiger partial charge in [0, 0.05) is 0 Å². The molecule has 3 N–H and O–H groups in total. The van der Waals surface area contributed by atoms with Crippen LogP contribution in [0.4, 0.5) is 0 Å². The van der Waals surface area contributed by atoms with Crippen molar-refractivity contribution in [3.8, 4) is 0 Å². The molecule has 1 aromatic carbocycles. The molecule has 0 radical (unpaired) electrons. The van der Waals surface area contributed by atoms with Gasteiger partial charge in [0.2, 0.25) is 0 Å². The van der Waals surface area contributed by atoms with E-state index in [2.05, 4.69) is 6.92 Å². The number of aliphatic hydroxyl groups excluding tert-OH is 3. The Hall–Kier alpha value is -1.03. The minimum atomic E-state index is -4.27. The average molecular weight is 560 g/mol. The highest BCUT2D eigenvalue weighted by Gasteiger charge is 2.23. The molecule has 0 aliphatic carbocycles. The fourth-order valence-electron chi connectivity index (χ4n) is 4.64. The molecule has 38 heavy (non-hydrogen) atoms. The molecule has 0 bridgehead atoms. The van der Waals surface area contributed by atoms with Crippen molar-refractivity contribution >= 4 is 10.1 Å². The second-order valence-electron chi connectivity index (χ2n) is 11.4. The van der Waals surface area contributed by atoms with Crippen molar-refractivity contribution in [1.82, 2.24) is 0 Å². The average Bonchev–Trinajstić information content (AvgIpc) is 2.83. The number of rotatable bonds is 21. The van der Waals surface area contributed by atoms with Crippen LogP contribution < -0.4 is 0 Å². The number of aryl methyl sites for hydroxylation is 1. The largest absolute Gasteiger partial charge is 0.744 e. The summed E-state index contributed by atoms with van der Waals surface area (Å²) in [4.78, 5) is -0.178. The van der Waals surface area contributed by atoms with Crippen LogP contribution in [-0.2, 0) is 10.1 Å². The molecule has 8 heteroatoms. The molecule has 1 aromatic rings. The van der Waals surface area contributed by atoms with Crippen LogP contribution >= 0.6 is 0 Å². The zero-order valence-corrected chi connectivity index (χ0v) is 25.4. The van der Waals surface area contributed by atoms with Gasteiger partial charge in [0.25, 0.3) is 0 Å². The highest BCUT2D eigenvalue weighted by Crippen LogP contribution is 2.14. The number of likely N-dealkylation sites (N-methyl/N-ethyl adjacent to an activating group) is 1. The lowest BCUT2D eigenvalue weighted by atomic mass is 10.0. The van der Waals surface area contributed by atoms with E-state index in [9.17, 15) is 23.2 Å². The second kappa shape index (κ2) is 21.8. The van der Waals surface area contributed by atoms with Crippen molar-refractivity contribution in [2.24, 2.45) is 0 Å². The van der Waals surface area contributed by atoms with Crippen molar-refractivity contribution < 1.29 is 32.8 Å². The first-order chi connectivity index (χ1) is 17.9. The summed E-state index contributed by atoms with van der Waals surface area (Å²) in [5, 5.41) is 28.7. The molecule has 224 valence electrons. The van der Waals surface area contributed by atoms with Gasteiger partial charge >= 0.3 is 0 Å². The SMILES string of the molecule is CCCCCCCCCCCCCCCCC(O)C[N+](C)(C)CC(O)CO.Cc1ccc(S(=O)(=O)[O-])cc1. The first-order valence-corrected chi connectivity index (χ1v) is 16.1. The summed E-state index contributed by atoms with van der Waals surface area (Å²) in [6.07, 6.45) is 18.7. The standard InChI is InChI=1S/C23H50NO3.C7H8O3S/c1-4-5-6-7-8-9-10-11-12-13-14-15-16-17-18-22(26)19-24(2,3)20-23(27)21-25;1-6-2-4-7(5-3-6)11(8,9)10/h22-23,25-27H,4-21H2,1-3H3;2-5H,1H3,(H,8,9,10)/q+1;/p-1. The number of nitrogens with zero attached hydrogens (tertiary/aromatic N) is 1. The van der Waals surface area contributed by atoms with E-state index < -0.39 is 16.2 Å². The van der Waals surface area contributed by atoms with Crippen molar-refractivity contribution in [2.45, 2.75) is 127 Å². The Morgan fingerprint density at radius 2 is 1.13 bits per heavy atom. The summed E-state index contributed by atoms with van der Waals surface area (Å²) < 4.78 is 31.7. The van der Waals surface area contributed by atoms with Gasteiger partial charge in [-0.15, -0.1) is 0 Å². The number of aliphatic hydroxyl groups is 3. The Kier molecular flexibility index (Phi) is 21.2. The van der Waals surface area contributed by atoms with E-state index in [1.54, 1.807) is 12.1 Å². The second-order valence-corrected chi connectivity index (χ2v) is 12.8. The zero-order valence-electron chi connectivity index (χ0n) is 24.6. The summed E-state index contributed by atoms with van der Waals surface area (Å²) in [6.45, 7) is 4.99. The van der Waals surface area contributed by atoms with E-state index >= 15 is 0 Å². The molecule has 1 rings (SSSR count). The molecule has 0 saturated heterocycles. The number of quaternary nitrogens is 1. The van der Waals surface area contributed by atoms with Gasteiger partial charge in [0.1, 0.15) is 35.4 Å². The summed E-state index contributed by atoms with van der Waals surface area (Å²) in [5.74, 6) is 0. The quantitative estimate of drug-likeness (QED) is 0.103. The van der Waals surface area contributed by atoms with Crippen molar-refractivity contribution in [1.29, 1.82) is 0 Å². The molecule has 0 fully saturated rings. The summed E-state index contributed by atoms with van der Waals surface area (Å²) >= 11 is 0. The number of hydrogen-bond donors (Lipinski definition) is 3. The lowest BCUT2D eigenvalue weighted by molar-refractivity contribution is -0.896. The fourth-order valence-corrected chi connectivity index (χ4v) is 5.11. The molecule has 0 aliphatic heterocycles. The lowest BCUT2D eigenvalue weighted by Gasteiger charge is -2.33. The van der Waals surface area contributed by atoms with Crippen LogP contribution in [0.1, 0.15) is 109 Å². The molecule has 0 amide bonds. The van der Waals surface area contributed by atoms with Crippen LogP contribution in [-0.4, -0.2) is 78.8 Å². The van der Waals surface area contributed by atoms with Crippen molar-refractivity contribution in [3.63, 3.8) is 0 Å². The predicted molar refractivity (Wildman–Crippen MR) is 155 cm³/mol. The predicted octanol–water partition coefficient (Wildman–Crippen LogP) is 5.55. The molecule has 2 atom stereocenters. The normalized spacial score (nSPS) is 13.6. The van der Waals surface area contributed by atoms with Crippen molar-refractivity contribution in [3.05, 3.63) is 29.8 Å². The Morgan fingerprint density at radius 3 is 1.53 bits per heavy atom. The summed E-state index contributed by atoms with van der Waals surface area (Å²) in [5.41, 5.74) is 0.928. The molecule has 0 aliphatic rings. The van der Waals surface area contributed by atoms with E-state index in [4.69, 9.17) is 5.11 Å². The van der Waals surface area contributed by atoms with Gasteiger partial charge in [-0.1, -0.05) is 115 Å². The highest BCUT2D eigenvalue weighted by molar-refractivity contribution is 7.85. The van der Waals surface area contributed by atoms with Crippen LogP contribution in [0.25, 0.3) is 0 Å². The molecule has 7 nitrogen and oxygen atoms in total. The molecule has 2 unspecified atom stereocenters. The van der Waals surface area contributed by atoms with Gasteiger partial charge < -0.3 is 24.4 Å². The maximum absolute atomic E-state index is 10.4. The van der Waals surface area contributed by atoms with Crippen LogP contribution in [0, 0.1) is 6.92 Å². The molecular formula is C30H57NO6S. The van der Waals surface area contributed by atoms with Gasteiger partial charge in [-0.2, -0.15) is 0 Å². The van der Waals surface area contributed by atoms with Crippen LogP contribution in [0.3, 0.4) is 0 Å². The van der Waals surface area contributed by atoms with E-state index in [1.165, 1.54) is 95.6 Å². The number of hydrogen-bond acceptors (Lipinski definition) is 6. The Bertz CT molecular complexity index is 782. The fraction of sp³-hybridized carbons (Fsp3) is 0.800. The molecule has 0 aromatic heterocycles. The van der Waals surface area contributed by atoms with Crippen LogP contribution in [0.15, 0.2) is 29.2 Å². The molecule has 0 spiro atoms. The van der Waals surface area contributed by atoms with Gasteiger partial charge in [-0.25, -0.2) is 8.42 Å². The van der Waals surface area contributed by atoms with E-state index in [0.717, 1.165) is 18.4 Å². The van der Waals surface area contributed by atoms with Gasteiger partial charge in [0.05, 0.1) is 25.6 Å². The smallest absolute Gasteiger partial charge is 0.126 e. The maximum Gasteiger partial charge on any atom is 0.126 e. The Labute approximate surface area is 233 Å². The third-order valence-electron chi connectivity index (χ3n) is 6.82. The van der Waals surface area contributed by atoms with Gasteiger partial charge in [0.15, 0.2) is 0 Å². The zero-order chi connectivity index (χ0) is 28.9. The van der Waals surface area contributed by atoms with Crippen LogP contribution in [0.2, 0.25) is 0 Å². The third kappa shape index (κ3) is 21.9. The molecule has 0 heterocycles. The summed E-state index contributed by atoms with van der Waals surface area (Å²) in [6, 6.07) is 5.78. The minimum absolute atomic E-state index is 0.178. The first kappa shape index (κ1) is 37.0. The Balaban J connectivity index is 0.00000103. The lowest BCUT2D eigenvalue weighted by Crippen LogP contribution is -2.50. The minimum Gasteiger partial charge on any atom is -0.744 e. The maximum atomic E-state index is 10.4. The van der Waals surface area contributed by atoms with Crippen molar-refractivity contribution in [2.75, 3.05) is 33.8 Å². The first-order valence-electron chi connectivity index (χ1n) is 14.7. The van der Waals surface area contributed by atoms with Gasteiger partial charge in [-0.3, -0.25) is 0 Å². The molecule has 0 saturated carbocycles. The highest BCUT2D eigenvalue weighted by atomic mass is 32.2. The van der Waals surface area contributed by atoms with E-state index in [-0.39, 0.29) is 17.6 Å². The number of benzene rings is 1. The number of unbranched alkanes of at least 4 members (excludes halogenated alkanes) is 13. The van der Waals surface area contributed by atoms with Crippen LogP contribution in [0.5, 0.6) is 0 Å². The van der Waals surface area contributed by atoms with E-state index in [0.29, 0.717) is 17.6 Å². The molecular weight excluding hydrogens is 502 g/mol. The van der Waals surface area contributed by atoms with Gasteiger partial charge in [-0.05, 0) is 25.5 Å². The third-order valence-corrected chi connectivity index (χ3v) is 7.67. The van der Waals surface area contributed by atoms with E-state index in [1.807, 2.05) is 21.0 Å².